The molecular formula is C29H30ClN3O3. The van der Waals surface area contributed by atoms with E-state index in [1.807, 2.05) is 31.5 Å². The zero-order valence-corrected chi connectivity index (χ0v) is 21.5. The third kappa shape index (κ3) is 4.51. The second kappa shape index (κ2) is 10.0. The lowest BCUT2D eigenvalue weighted by molar-refractivity contribution is -0.134. The van der Waals surface area contributed by atoms with Crippen LogP contribution in [0.2, 0.25) is 5.02 Å². The fourth-order valence-electron chi connectivity index (χ4n) is 5.54. The first-order valence-electron chi connectivity index (χ1n) is 12.3. The van der Waals surface area contributed by atoms with Gasteiger partial charge in [-0.3, -0.25) is 14.6 Å². The van der Waals surface area contributed by atoms with E-state index in [1.54, 1.807) is 4.90 Å². The molecule has 0 radical (unpaired) electrons. The van der Waals surface area contributed by atoms with Crippen molar-refractivity contribution in [3.8, 4) is 11.1 Å². The van der Waals surface area contributed by atoms with Gasteiger partial charge in [0.05, 0.1) is 25.3 Å². The first-order valence-corrected chi connectivity index (χ1v) is 12.7. The minimum absolute atomic E-state index is 0.0741. The predicted molar refractivity (Wildman–Crippen MR) is 143 cm³/mol. The molecule has 5 rings (SSSR count). The number of amides is 1. The summed E-state index contributed by atoms with van der Waals surface area (Å²) in [6, 6.07) is 6.00. The Balaban J connectivity index is 1.53. The molecule has 2 aromatic heterocycles. The molecule has 7 heteroatoms. The molecule has 0 saturated carbocycles. The summed E-state index contributed by atoms with van der Waals surface area (Å²) < 4.78 is 7.66. The summed E-state index contributed by atoms with van der Waals surface area (Å²) in [5, 5.41) is 1.69. The first kappa shape index (κ1) is 24.5. The van der Waals surface area contributed by atoms with Crippen LogP contribution < -0.4 is 0 Å². The fraction of sp³-hybridized carbons (Fsp3) is 0.345. The van der Waals surface area contributed by atoms with Crippen LogP contribution in [0.3, 0.4) is 0 Å². The molecule has 186 valence electrons. The fourth-order valence-corrected chi connectivity index (χ4v) is 5.81. The van der Waals surface area contributed by atoms with Crippen LogP contribution in [0.1, 0.15) is 29.7 Å². The van der Waals surface area contributed by atoms with Gasteiger partial charge in [-0.1, -0.05) is 24.3 Å². The number of ketones is 1. The Hall–Kier alpha value is -3.22. The number of halogens is 1. The van der Waals surface area contributed by atoms with Crippen LogP contribution in [-0.2, 0) is 20.9 Å². The van der Waals surface area contributed by atoms with Crippen molar-refractivity contribution < 1.29 is 14.3 Å². The highest BCUT2D eigenvalue weighted by atomic mass is 35.5. The van der Waals surface area contributed by atoms with E-state index < -0.39 is 0 Å². The van der Waals surface area contributed by atoms with Crippen LogP contribution in [0.5, 0.6) is 0 Å². The minimum Gasteiger partial charge on any atom is -0.377 e. The molecule has 6 nitrogen and oxygen atoms in total. The summed E-state index contributed by atoms with van der Waals surface area (Å²) in [6.45, 7) is 10.4. The third-order valence-corrected chi connectivity index (χ3v) is 7.48. The van der Waals surface area contributed by atoms with Gasteiger partial charge in [-0.15, -0.1) is 0 Å². The van der Waals surface area contributed by atoms with Crippen molar-refractivity contribution in [2.75, 3.05) is 26.3 Å². The lowest BCUT2D eigenvalue weighted by atomic mass is 9.92. The number of benzene rings is 1. The molecule has 2 aliphatic rings. The van der Waals surface area contributed by atoms with Crippen molar-refractivity contribution in [1.29, 1.82) is 0 Å². The maximum absolute atomic E-state index is 13.2. The van der Waals surface area contributed by atoms with Crippen molar-refractivity contribution in [2.24, 2.45) is 5.92 Å². The highest BCUT2D eigenvalue weighted by molar-refractivity contribution is 6.31. The Morgan fingerprint density at radius 2 is 2.06 bits per heavy atom. The number of fused-ring (bicyclic) bond motifs is 1. The number of likely N-dealkylation sites (tertiary alicyclic amines) is 1. The maximum Gasteiger partial charge on any atom is 0.245 e. The Bertz CT molecular complexity index is 1400. The van der Waals surface area contributed by atoms with Gasteiger partial charge in [-0.25, -0.2) is 0 Å². The Labute approximate surface area is 216 Å². The molecule has 0 aliphatic carbocycles. The van der Waals surface area contributed by atoms with Gasteiger partial charge in [0.15, 0.2) is 5.78 Å². The van der Waals surface area contributed by atoms with Crippen LogP contribution in [-0.4, -0.2) is 52.4 Å². The van der Waals surface area contributed by atoms with Gasteiger partial charge < -0.3 is 14.2 Å². The zero-order valence-electron chi connectivity index (χ0n) is 20.7. The molecule has 1 aromatic carbocycles. The average molecular weight is 504 g/mol. The van der Waals surface area contributed by atoms with E-state index in [-0.39, 0.29) is 24.2 Å². The van der Waals surface area contributed by atoms with Crippen LogP contribution in [0.4, 0.5) is 0 Å². The molecule has 36 heavy (non-hydrogen) atoms. The SMILES string of the molecule is C=CC(=O)N1CC(CC(=O)Cn2c(C)c(-c3cnccc3C3=CCOCC3)c3cc(Cl)cc(C)c32)C1. The molecule has 0 spiro atoms. The van der Waals surface area contributed by atoms with Crippen molar-refractivity contribution in [3.63, 3.8) is 0 Å². The summed E-state index contributed by atoms with van der Waals surface area (Å²) in [5.74, 6) is 0.282. The minimum atomic E-state index is -0.0741. The number of carbonyl (C=O) groups excluding carboxylic acids is 2. The average Bonchev–Trinajstić information content (AvgIpc) is 3.12. The van der Waals surface area contributed by atoms with Gasteiger partial charge in [0.1, 0.15) is 0 Å². The third-order valence-electron chi connectivity index (χ3n) is 7.27. The summed E-state index contributed by atoms with van der Waals surface area (Å²) >= 11 is 6.53. The molecule has 0 bridgehead atoms. The number of rotatable bonds is 7. The maximum atomic E-state index is 13.2. The number of hydrogen-bond acceptors (Lipinski definition) is 4. The molecule has 0 atom stereocenters. The summed E-state index contributed by atoms with van der Waals surface area (Å²) in [7, 11) is 0. The van der Waals surface area contributed by atoms with Crippen LogP contribution in [0.25, 0.3) is 27.6 Å². The van der Waals surface area contributed by atoms with Crippen molar-refractivity contribution in [1.82, 2.24) is 14.5 Å². The van der Waals surface area contributed by atoms with Gasteiger partial charge in [0, 0.05) is 65.1 Å². The number of carbonyl (C=O) groups is 2. The highest BCUT2D eigenvalue weighted by Crippen LogP contribution is 2.41. The summed E-state index contributed by atoms with van der Waals surface area (Å²) in [4.78, 5) is 31.1. The van der Waals surface area contributed by atoms with Gasteiger partial charge in [-0.05, 0) is 61.2 Å². The van der Waals surface area contributed by atoms with Gasteiger partial charge in [-0.2, -0.15) is 0 Å². The number of nitrogens with zero attached hydrogens (tertiary/aromatic N) is 3. The lowest BCUT2D eigenvalue weighted by Gasteiger charge is -2.38. The van der Waals surface area contributed by atoms with Crippen molar-refractivity contribution in [3.05, 3.63) is 71.2 Å². The second-order valence-corrected chi connectivity index (χ2v) is 10.1. The second-order valence-electron chi connectivity index (χ2n) is 9.70. The standard InChI is InChI=1S/C29H30ClN3O3/c1-4-27(35)32-15-20(16-32)12-23(34)17-33-19(3)28(25-13-22(30)11-18(2)29(25)33)26-14-31-8-5-24(26)21-6-9-36-10-7-21/h4-6,8,11,13-14,20H,1,7,9-10,12,15-17H2,2-3H3. The number of Topliss-reactive ketones (excluding diaryl/α,β-unsaturated/α-hetero) is 1. The van der Waals surface area contributed by atoms with E-state index in [0.717, 1.165) is 45.3 Å². The number of hydrogen-bond donors (Lipinski definition) is 0. The molecule has 1 fully saturated rings. The van der Waals surface area contributed by atoms with E-state index >= 15 is 0 Å². The molecule has 1 saturated heterocycles. The van der Waals surface area contributed by atoms with E-state index in [4.69, 9.17) is 16.3 Å². The summed E-state index contributed by atoms with van der Waals surface area (Å²) in [5.41, 5.74) is 7.56. The lowest BCUT2D eigenvalue weighted by Crippen LogP contribution is -2.50. The quantitative estimate of drug-likeness (QED) is 0.406. The predicted octanol–water partition coefficient (Wildman–Crippen LogP) is 5.38. The monoisotopic (exact) mass is 503 g/mol. The number of ether oxygens (including phenoxy) is 1. The van der Waals surface area contributed by atoms with Crippen molar-refractivity contribution >= 4 is 39.8 Å². The Morgan fingerprint density at radius 3 is 2.78 bits per heavy atom. The van der Waals surface area contributed by atoms with Crippen LogP contribution in [0, 0.1) is 19.8 Å². The normalized spacial score (nSPS) is 16.1. The molecule has 3 aromatic rings. The van der Waals surface area contributed by atoms with Gasteiger partial charge in [0.25, 0.3) is 0 Å². The number of aryl methyl sites for hydroxylation is 1. The van der Waals surface area contributed by atoms with E-state index in [0.29, 0.717) is 37.7 Å². The Morgan fingerprint density at radius 1 is 1.25 bits per heavy atom. The topological polar surface area (TPSA) is 64.4 Å². The van der Waals surface area contributed by atoms with Gasteiger partial charge in [0.2, 0.25) is 5.91 Å². The zero-order chi connectivity index (χ0) is 25.4. The van der Waals surface area contributed by atoms with Crippen molar-refractivity contribution in [2.45, 2.75) is 33.2 Å². The molecule has 2 aliphatic heterocycles. The molecule has 0 unspecified atom stereocenters. The smallest absolute Gasteiger partial charge is 0.245 e. The largest absolute Gasteiger partial charge is 0.377 e. The summed E-state index contributed by atoms with van der Waals surface area (Å²) in [6.07, 6.45) is 8.50. The van der Waals surface area contributed by atoms with Gasteiger partial charge >= 0.3 is 0 Å². The number of pyridine rings is 1. The molecule has 1 amide bonds. The van der Waals surface area contributed by atoms with E-state index in [1.165, 1.54) is 11.6 Å². The number of aromatic nitrogens is 2. The first-order chi connectivity index (χ1) is 17.4. The van der Waals surface area contributed by atoms with E-state index in [2.05, 4.69) is 35.2 Å². The molecule has 4 heterocycles. The molecular weight excluding hydrogens is 474 g/mol. The Kier molecular flexibility index (Phi) is 6.82. The van der Waals surface area contributed by atoms with Crippen LogP contribution in [0.15, 0.2) is 49.3 Å². The highest BCUT2D eigenvalue weighted by Gasteiger charge is 2.31. The van der Waals surface area contributed by atoms with Crippen LogP contribution >= 0.6 is 11.6 Å². The van der Waals surface area contributed by atoms with E-state index in [9.17, 15) is 9.59 Å². The molecule has 0 N–H and O–H groups in total.